The van der Waals surface area contributed by atoms with Crippen LogP contribution >= 0.6 is 23.8 Å². The van der Waals surface area contributed by atoms with Crippen molar-refractivity contribution in [1.29, 1.82) is 0 Å². The second-order valence-corrected chi connectivity index (χ2v) is 6.36. The number of anilines is 1. The van der Waals surface area contributed by atoms with E-state index in [1.165, 1.54) is 6.20 Å². The van der Waals surface area contributed by atoms with Crippen molar-refractivity contribution < 1.29 is 9.53 Å². The van der Waals surface area contributed by atoms with E-state index in [0.29, 0.717) is 33.5 Å². The van der Waals surface area contributed by atoms with Gasteiger partial charge >= 0.3 is 6.09 Å². The molecule has 1 amide bonds. The lowest BCUT2D eigenvalue weighted by molar-refractivity contribution is 0.158. The van der Waals surface area contributed by atoms with Crippen LogP contribution in [0.15, 0.2) is 36.9 Å². The van der Waals surface area contributed by atoms with E-state index in [4.69, 9.17) is 28.6 Å². The van der Waals surface area contributed by atoms with Crippen LogP contribution in [-0.4, -0.2) is 42.5 Å². The van der Waals surface area contributed by atoms with Gasteiger partial charge in [-0.15, -0.1) is 0 Å². The zero-order valence-corrected chi connectivity index (χ0v) is 16.6. The first-order valence-electron chi connectivity index (χ1n) is 8.19. The maximum absolute atomic E-state index is 11.5. The fourth-order valence-corrected chi connectivity index (χ4v) is 2.57. The molecule has 0 spiro atoms. The molecule has 3 rings (SSSR count). The van der Waals surface area contributed by atoms with Gasteiger partial charge in [0.1, 0.15) is 11.4 Å². The predicted molar refractivity (Wildman–Crippen MR) is 109 cm³/mol. The van der Waals surface area contributed by atoms with Gasteiger partial charge in [-0.1, -0.05) is 11.6 Å². The summed E-state index contributed by atoms with van der Waals surface area (Å²) in [6.45, 7) is 1.93. The van der Waals surface area contributed by atoms with E-state index in [0.717, 1.165) is 0 Å². The standard InChI is InChI=1S/C17H16ClN7O2S/c1-3-27-17(26)24-16(28)23-15-14(10-6-21-25(2)9-10)22-13(8-20-15)12-5-4-11(18)7-19-12/h4-9H,3H2,1-2H3,(H2,20,23,24,26,28). The number of aryl methyl sites for hydroxylation is 1. The Hall–Kier alpha value is -3.11. The highest BCUT2D eigenvalue weighted by molar-refractivity contribution is 7.80. The Labute approximate surface area is 171 Å². The van der Waals surface area contributed by atoms with Crippen LogP contribution in [0, 0.1) is 0 Å². The highest BCUT2D eigenvalue weighted by Crippen LogP contribution is 2.27. The van der Waals surface area contributed by atoms with E-state index in [2.05, 4.69) is 30.7 Å². The Balaban J connectivity index is 1.94. The number of nitrogens with zero attached hydrogens (tertiary/aromatic N) is 5. The molecular weight excluding hydrogens is 402 g/mol. The molecule has 0 aliphatic carbocycles. The van der Waals surface area contributed by atoms with Crippen LogP contribution < -0.4 is 10.6 Å². The number of alkyl carbamates (subject to hydrolysis) is 1. The molecule has 28 heavy (non-hydrogen) atoms. The van der Waals surface area contributed by atoms with Gasteiger partial charge in [-0.3, -0.25) is 15.0 Å². The van der Waals surface area contributed by atoms with E-state index < -0.39 is 6.09 Å². The molecule has 0 radical (unpaired) electrons. The van der Waals surface area contributed by atoms with Crippen molar-refractivity contribution in [2.75, 3.05) is 11.9 Å². The van der Waals surface area contributed by atoms with Gasteiger partial charge in [-0.2, -0.15) is 5.10 Å². The summed E-state index contributed by atoms with van der Waals surface area (Å²) >= 11 is 11.0. The molecule has 3 heterocycles. The zero-order chi connectivity index (χ0) is 20.1. The summed E-state index contributed by atoms with van der Waals surface area (Å²) in [7, 11) is 1.79. The largest absolute Gasteiger partial charge is 0.450 e. The molecule has 0 unspecified atom stereocenters. The number of ether oxygens (including phenoxy) is 1. The number of hydrogen-bond donors (Lipinski definition) is 2. The number of aromatic nitrogens is 5. The molecule has 0 aliphatic rings. The van der Waals surface area contributed by atoms with E-state index in [1.54, 1.807) is 49.4 Å². The number of nitrogens with one attached hydrogen (secondary N) is 2. The van der Waals surface area contributed by atoms with E-state index >= 15 is 0 Å². The van der Waals surface area contributed by atoms with Crippen LogP contribution in [0.5, 0.6) is 0 Å². The predicted octanol–water partition coefficient (Wildman–Crippen LogP) is 3.04. The number of pyridine rings is 1. The van der Waals surface area contributed by atoms with Gasteiger partial charge in [0.25, 0.3) is 0 Å². The summed E-state index contributed by atoms with van der Waals surface area (Å²) < 4.78 is 6.45. The lowest BCUT2D eigenvalue weighted by Gasteiger charge is -2.12. The maximum atomic E-state index is 11.5. The van der Waals surface area contributed by atoms with Crippen LogP contribution in [0.2, 0.25) is 5.02 Å². The van der Waals surface area contributed by atoms with Gasteiger partial charge in [-0.05, 0) is 31.3 Å². The number of rotatable bonds is 4. The molecule has 9 nitrogen and oxygen atoms in total. The zero-order valence-electron chi connectivity index (χ0n) is 15.0. The van der Waals surface area contributed by atoms with Crippen LogP contribution in [0.3, 0.4) is 0 Å². The van der Waals surface area contributed by atoms with Crippen molar-refractivity contribution in [3.63, 3.8) is 0 Å². The van der Waals surface area contributed by atoms with Crippen LogP contribution in [0.1, 0.15) is 6.92 Å². The van der Waals surface area contributed by atoms with Crippen molar-refractivity contribution in [2.24, 2.45) is 7.05 Å². The number of amides is 1. The van der Waals surface area contributed by atoms with Gasteiger partial charge < -0.3 is 10.1 Å². The molecule has 2 N–H and O–H groups in total. The summed E-state index contributed by atoms with van der Waals surface area (Å²) in [5.74, 6) is 0.354. The van der Waals surface area contributed by atoms with Crippen molar-refractivity contribution in [1.82, 2.24) is 30.0 Å². The number of carbonyl (C=O) groups excluding carboxylic acids is 1. The number of carbonyl (C=O) groups is 1. The SMILES string of the molecule is CCOC(=O)NC(=S)Nc1ncc(-c2ccc(Cl)cn2)nc1-c1cnn(C)c1. The summed E-state index contributed by atoms with van der Waals surface area (Å²) in [6, 6.07) is 3.47. The third-order valence-electron chi connectivity index (χ3n) is 3.46. The quantitative estimate of drug-likeness (QED) is 0.624. The smallest absolute Gasteiger partial charge is 0.413 e. The van der Waals surface area contributed by atoms with E-state index in [1.807, 2.05) is 0 Å². The monoisotopic (exact) mass is 417 g/mol. The molecule has 0 aliphatic heterocycles. The minimum Gasteiger partial charge on any atom is -0.450 e. The average Bonchev–Trinajstić information content (AvgIpc) is 3.09. The minimum absolute atomic E-state index is 0.0373. The third-order valence-corrected chi connectivity index (χ3v) is 3.89. The second kappa shape index (κ2) is 8.72. The Kier molecular flexibility index (Phi) is 6.12. The van der Waals surface area contributed by atoms with Gasteiger partial charge in [-0.25, -0.2) is 14.8 Å². The highest BCUT2D eigenvalue weighted by Gasteiger charge is 2.15. The molecule has 3 aromatic rings. The van der Waals surface area contributed by atoms with Gasteiger partial charge in [0.15, 0.2) is 10.9 Å². The topological polar surface area (TPSA) is 107 Å². The normalized spacial score (nSPS) is 10.4. The van der Waals surface area contributed by atoms with E-state index in [-0.39, 0.29) is 11.7 Å². The molecular formula is C17H16ClN7O2S. The Morgan fingerprint density at radius 2 is 2.07 bits per heavy atom. The van der Waals surface area contributed by atoms with Crippen molar-refractivity contribution in [3.05, 3.63) is 41.9 Å². The van der Waals surface area contributed by atoms with Crippen LogP contribution in [0.25, 0.3) is 22.6 Å². The lowest BCUT2D eigenvalue weighted by atomic mass is 10.2. The Bertz CT molecular complexity index is 1010. The third kappa shape index (κ3) is 4.78. The second-order valence-electron chi connectivity index (χ2n) is 5.52. The Morgan fingerprint density at radius 1 is 1.25 bits per heavy atom. The average molecular weight is 418 g/mol. The molecule has 0 saturated heterocycles. The van der Waals surface area contributed by atoms with Crippen molar-refractivity contribution in [2.45, 2.75) is 6.92 Å². The summed E-state index contributed by atoms with van der Waals surface area (Å²) in [5.41, 5.74) is 2.37. The number of thiocarbonyl (C=S) groups is 1. The maximum Gasteiger partial charge on any atom is 0.413 e. The van der Waals surface area contributed by atoms with Crippen LogP contribution in [-0.2, 0) is 11.8 Å². The van der Waals surface area contributed by atoms with Crippen molar-refractivity contribution >= 4 is 40.8 Å². The van der Waals surface area contributed by atoms with Gasteiger partial charge in [0.2, 0.25) is 0 Å². The summed E-state index contributed by atoms with van der Waals surface area (Å²) in [5, 5.41) is 10.0. The lowest BCUT2D eigenvalue weighted by Crippen LogP contribution is -2.35. The molecule has 144 valence electrons. The first kappa shape index (κ1) is 19.6. The molecule has 0 aromatic carbocycles. The first-order chi connectivity index (χ1) is 13.5. The fourth-order valence-electron chi connectivity index (χ4n) is 2.27. The van der Waals surface area contributed by atoms with E-state index in [9.17, 15) is 4.79 Å². The molecule has 0 bridgehead atoms. The summed E-state index contributed by atoms with van der Waals surface area (Å²) in [4.78, 5) is 24.8. The first-order valence-corrected chi connectivity index (χ1v) is 8.97. The van der Waals surface area contributed by atoms with Gasteiger partial charge in [0, 0.05) is 25.0 Å². The molecule has 0 fully saturated rings. The fraction of sp³-hybridized carbons (Fsp3) is 0.176. The van der Waals surface area contributed by atoms with Crippen molar-refractivity contribution in [3.8, 4) is 22.6 Å². The number of halogens is 1. The molecule has 0 saturated carbocycles. The van der Waals surface area contributed by atoms with Gasteiger partial charge in [0.05, 0.1) is 29.7 Å². The molecule has 3 aromatic heterocycles. The molecule has 0 atom stereocenters. The number of hydrogen-bond acceptors (Lipinski definition) is 7. The Morgan fingerprint density at radius 3 is 2.71 bits per heavy atom. The van der Waals surface area contributed by atoms with Crippen LogP contribution in [0.4, 0.5) is 10.6 Å². The summed E-state index contributed by atoms with van der Waals surface area (Å²) in [6.07, 6.45) is 5.86. The highest BCUT2D eigenvalue weighted by atomic mass is 35.5. The minimum atomic E-state index is -0.655. The molecule has 11 heteroatoms.